The van der Waals surface area contributed by atoms with Gasteiger partial charge in [-0.1, -0.05) is 133 Å². The summed E-state index contributed by atoms with van der Waals surface area (Å²) in [6.07, 6.45) is 6.71. The summed E-state index contributed by atoms with van der Waals surface area (Å²) < 4.78 is 1.28. The molecule has 1 aliphatic carbocycles. The molecule has 252 valence electrons. The number of aryl methyl sites for hydroxylation is 2. The van der Waals surface area contributed by atoms with Crippen molar-refractivity contribution in [2.45, 2.75) is 19.8 Å². The monoisotopic (exact) mass is 699 g/mol. The van der Waals surface area contributed by atoms with E-state index in [2.05, 4.69) is 110 Å². The van der Waals surface area contributed by atoms with Gasteiger partial charge in [-0.15, -0.1) is 11.3 Å². The number of aromatic hydroxyl groups is 1. The zero-order valence-corrected chi connectivity index (χ0v) is 29.9. The maximum Gasteiger partial charge on any atom is 0.164 e. The fourth-order valence-electron chi connectivity index (χ4n) is 7.80. The van der Waals surface area contributed by atoms with Gasteiger partial charge in [0.15, 0.2) is 17.5 Å². The third-order valence-electron chi connectivity index (χ3n) is 10.4. The van der Waals surface area contributed by atoms with Crippen LogP contribution in [-0.2, 0) is 6.42 Å². The van der Waals surface area contributed by atoms with Crippen LogP contribution < -0.4 is 0 Å². The average Bonchev–Trinajstić information content (AvgIpc) is 3.60. The van der Waals surface area contributed by atoms with Crippen molar-refractivity contribution in [2.24, 2.45) is 0 Å². The highest BCUT2D eigenvalue weighted by Gasteiger charge is 2.21. The normalized spacial score (nSPS) is 12.5. The van der Waals surface area contributed by atoms with E-state index in [1.807, 2.05) is 59.9 Å². The Bertz CT molecular complexity index is 2930. The Morgan fingerprint density at radius 3 is 2.13 bits per heavy atom. The molecular formula is C48H33N3OS. The lowest BCUT2D eigenvalue weighted by molar-refractivity contribution is 0.477. The molecule has 0 amide bonds. The fraction of sp³-hybridized carbons (Fsp3) is 0.0625. The number of allylic oxidation sites excluding steroid dienone is 1. The molecular weight excluding hydrogens is 667 g/mol. The van der Waals surface area contributed by atoms with Gasteiger partial charge in [-0.2, -0.15) is 0 Å². The topological polar surface area (TPSA) is 58.9 Å². The zero-order valence-electron chi connectivity index (χ0n) is 29.0. The molecule has 53 heavy (non-hydrogen) atoms. The Morgan fingerprint density at radius 2 is 1.25 bits per heavy atom. The Morgan fingerprint density at radius 1 is 0.547 bits per heavy atom. The van der Waals surface area contributed by atoms with E-state index >= 15 is 0 Å². The highest BCUT2D eigenvalue weighted by Crippen LogP contribution is 2.45. The van der Waals surface area contributed by atoms with Crippen LogP contribution in [0.5, 0.6) is 5.75 Å². The molecule has 0 saturated heterocycles. The first-order valence-electron chi connectivity index (χ1n) is 18.0. The first kappa shape index (κ1) is 31.3. The SMILES string of the molecule is Cc1cccc(-c2nc(-c3ccccc3)nc(-c3ccc4ccc5ccccc5c4c3)n2)c1-c1cc(-c2cccc3c4c(sc23)CCC=C4)ccc1O. The Labute approximate surface area is 311 Å². The van der Waals surface area contributed by atoms with Gasteiger partial charge in [0.05, 0.1) is 0 Å². The van der Waals surface area contributed by atoms with Crippen LogP contribution in [0, 0.1) is 6.92 Å². The molecule has 0 radical (unpaired) electrons. The quantitative estimate of drug-likeness (QED) is 0.182. The van der Waals surface area contributed by atoms with Gasteiger partial charge in [-0.05, 0) is 87.3 Å². The minimum absolute atomic E-state index is 0.212. The third kappa shape index (κ3) is 5.40. The molecule has 9 aromatic rings. The van der Waals surface area contributed by atoms with Crippen LogP contribution in [0.4, 0.5) is 0 Å². The summed E-state index contributed by atoms with van der Waals surface area (Å²) >= 11 is 1.89. The second-order valence-electron chi connectivity index (χ2n) is 13.7. The molecule has 2 aromatic heterocycles. The number of hydrogen-bond donors (Lipinski definition) is 1. The minimum atomic E-state index is 0.212. The van der Waals surface area contributed by atoms with Gasteiger partial charge in [-0.3, -0.25) is 0 Å². The smallest absolute Gasteiger partial charge is 0.164 e. The van der Waals surface area contributed by atoms with Crippen molar-refractivity contribution in [3.63, 3.8) is 0 Å². The number of phenolic OH excluding ortho intramolecular Hbond substituents is 1. The molecule has 2 heterocycles. The number of hydrogen-bond acceptors (Lipinski definition) is 5. The van der Waals surface area contributed by atoms with Crippen LogP contribution >= 0.6 is 11.3 Å². The second kappa shape index (κ2) is 12.7. The number of nitrogens with zero attached hydrogens (tertiary/aromatic N) is 3. The van der Waals surface area contributed by atoms with E-state index in [0.717, 1.165) is 62.6 Å². The van der Waals surface area contributed by atoms with Crippen LogP contribution in [0.1, 0.15) is 22.4 Å². The molecule has 1 N–H and O–H groups in total. The molecule has 7 aromatic carbocycles. The van der Waals surface area contributed by atoms with Crippen molar-refractivity contribution < 1.29 is 5.11 Å². The van der Waals surface area contributed by atoms with Crippen molar-refractivity contribution in [2.75, 3.05) is 0 Å². The van der Waals surface area contributed by atoms with E-state index in [0.29, 0.717) is 17.5 Å². The third-order valence-corrected chi connectivity index (χ3v) is 11.7. The van der Waals surface area contributed by atoms with Crippen LogP contribution in [0.15, 0.2) is 146 Å². The molecule has 0 atom stereocenters. The summed E-state index contributed by atoms with van der Waals surface area (Å²) in [6, 6.07) is 48.0. The van der Waals surface area contributed by atoms with Gasteiger partial charge in [0.25, 0.3) is 0 Å². The summed E-state index contributed by atoms with van der Waals surface area (Å²) in [5.41, 5.74) is 8.89. The maximum atomic E-state index is 11.6. The van der Waals surface area contributed by atoms with E-state index in [-0.39, 0.29) is 5.75 Å². The van der Waals surface area contributed by atoms with E-state index in [1.165, 1.54) is 36.9 Å². The molecule has 0 fully saturated rings. The molecule has 0 spiro atoms. The van der Waals surface area contributed by atoms with Crippen molar-refractivity contribution in [3.05, 3.63) is 162 Å². The number of phenols is 1. The highest BCUT2D eigenvalue weighted by molar-refractivity contribution is 7.20. The van der Waals surface area contributed by atoms with E-state index < -0.39 is 0 Å². The summed E-state index contributed by atoms with van der Waals surface area (Å²) in [6.45, 7) is 2.08. The number of thiophene rings is 1. The van der Waals surface area contributed by atoms with Gasteiger partial charge >= 0.3 is 0 Å². The molecule has 0 aliphatic heterocycles. The van der Waals surface area contributed by atoms with Crippen molar-refractivity contribution in [1.29, 1.82) is 0 Å². The minimum Gasteiger partial charge on any atom is -0.507 e. The first-order chi connectivity index (χ1) is 26.1. The molecule has 1 aliphatic rings. The second-order valence-corrected chi connectivity index (χ2v) is 14.8. The maximum absolute atomic E-state index is 11.6. The summed E-state index contributed by atoms with van der Waals surface area (Å²) in [5.74, 6) is 1.95. The standard InChI is InChI=1S/C48H33N3OS/c1-29-11-9-19-39(44(29)41-27-33(25-26-42(41)52)36-17-10-18-38-37-16-7-8-20-43(37)53-45(36)38)48-50-46(32-13-3-2-4-14-32)49-47(51-48)34-24-23-31-22-21-30-12-5-6-15-35(30)40(31)28-34/h2-7,9-19,21-28,52H,8,20H2,1H3. The van der Waals surface area contributed by atoms with Crippen molar-refractivity contribution >= 4 is 49.0 Å². The lowest BCUT2D eigenvalue weighted by Gasteiger charge is -2.16. The van der Waals surface area contributed by atoms with Crippen LogP contribution in [0.25, 0.3) is 94.1 Å². The first-order valence-corrected chi connectivity index (χ1v) is 18.8. The molecule has 5 heteroatoms. The summed E-state index contributed by atoms with van der Waals surface area (Å²) in [4.78, 5) is 16.8. The molecule has 0 unspecified atom stereocenters. The van der Waals surface area contributed by atoms with Gasteiger partial charge in [0.1, 0.15) is 5.75 Å². The lowest BCUT2D eigenvalue weighted by Crippen LogP contribution is -2.02. The number of aromatic nitrogens is 3. The van der Waals surface area contributed by atoms with E-state index in [1.54, 1.807) is 0 Å². The van der Waals surface area contributed by atoms with Crippen LogP contribution in [0.3, 0.4) is 0 Å². The number of fused-ring (bicyclic) bond motifs is 6. The Balaban J connectivity index is 1.17. The van der Waals surface area contributed by atoms with Crippen LogP contribution in [-0.4, -0.2) is 20.1 Å². The fourth-order valence-corrected chi connectivity index (χ4v) is 9.14. The average molecular weight is 700 g/mol. The summed E-state index contributed by atoms with van der Waals surface area (Å²) in [5, 5.41) is 17.6. The van der Waals surface area contributed by atoms with Gasteiger partial charge in [-0.25, -0.2) is 15.0 Å². The van der Waals surface area contributed by atoms with Crippen molar-refractivity contribution in [3.8, 4) is 62.2 Å². The highest BCUT2D eigenvalue weighted by atomic mass is 32.1. The predicted octanol–water partition coefficient (Wildman–Crippen LogP) is 12.7. The van der Waals surface area contributed by atoms with Gasteiger partial charge < -0.3 is 5.11 Å². The predicted molar refractivity (Wildman–Crippen MR) is 221 cm³/mol. The van der Waals surface area contributed by atoms with Gasteiger partial charge in [0, 0.05) is 37.2 Å². The lowest BCUT2D eigenvalue weighted by atomic mass is 9.91. The largest absolute Gasteiger partial charge is 0.507 e. The Kier molecular flexibility index (Phi) is 7.48. The Hall–Kier alpha value is -6.43. The zero-order chi connectivity index (χ0) is 35.5. The molecule has 0 saturated carbocycles. The van der Waals surface area contributed by atoms with E-state index in [9.17, 15) is 5.11 Å². The van der Waals surface area contributed by atoms with E-state index in [4.69, 9.17) is 15.0 Å². The van der Waals surface area contributed by atoms with Gasteiger partial charge in [0.2, 0.25) is 0 Å². The summed E-state index contributed by atoms with van der Waals surface area (Å²) in [7, 11) is 0. The van der Waals surface area contributed by atoms with Crippen molar-refractivity contribution in [1.82, 2.24) is 15.0 Å². The molecule has 4 nitrogen and oxygen atoms in total. The number of benzene rings is 7. The molecule has 10 rings (SSSR count). The number of rotatable bonds is 5. The molecule has 0 bridgehead atoms. The van der Waals surface area contributed by atoms with Crippen LogP contribution in [0.2, 0.25) is 0 Å².